The Hall–Kier alpha value is -1.59. The highest BCUT2D eigenvalue weighted by Crippen LogP contribution is 2.16. The Balaban J connectivity index is 2.34. The summed E-state index contributed by atoms with van der Waals surface area (Å²) in [5, 5.41) is 5.66. The molecule has 94 valence electrons. The molecule has 5 nitrogen and oxygen atoms in total. The first-order valence-corrected chi connectivity index (χ1v) is 5.42. The number of hydrogen-bond donors (Lipinski definition) is 2. The molecule has 0 aliphatic rings. The molecule has 5 heteroatoms. The molecule has 2 N–H and O–H groups in total. The lowest BCUT2D eigenvalue weighted by atomic mass is 10.3. The van der Waals surface area contributed by atoms with E-state index in [2.05, 4.69) is 10.6 Å². The molecular formula is C12H18N2O3. The van der Waals surface area contributed by atoms with Crippen molar-refractivity contribution in [2.75, 3.05) is 39.2 Å². The number of hydrogen-bond acceptors (Lipinski definition) is 4. The maximum Gasteiger partial charge on any atom is 0.250 e. The third-order valence-corrected chi connectivity index (χ3v) is 2.08. The quantitative estimate of drug-likeness (QED) is 0.692. The van der Waals surface area contributed by atoms with Gasteiger partial charge in [0.25, 0.3) is 0 Å². The summed E-state index contributed by atoms with van der Waals surface area (Å²) in [7, 11) is 3.42. The van der Waals surface area contributed by atoms with Gasteiger partial charge in [-0.3, -0.25) is 4.79 Å². The van der Waals surface area contributed by atoms with Crippen LogP contribution in [0.15, 0.2) is 24.3 Å². The number of amides is 1. The zero-order valence-corrected chi connectivity index (χ0v) is 10.2. The zero-order chi connectivity index (χ0) is 12.5. The van der Waals surface area contributed by atoms with Crippen molar-refractivity contribution in [2.24, 2.45) is 0 Å². The van der Waals surface area contributed by atoms with Crippen molar-refractivity contribution >= 4 is 11.6 Å². The molecule has 0 aliphatic heterocycles. The van der Waals surface area contributed by atoms with Gasteiger partial charge in [-0.25, -0.2) is 0 Å². The van der Waals surface area contributed by atoms with Crippen LogP contribution >= 0.6 is 0 Å². The Labute approximate surface area is 101 Å². The Bertz CT molecular complexity index is 355. The molecule has 0 aromatic heterocycles. The van der Waals surface area contributed by atoms with Crippen LogP contribution in [0.5, 0.6) is 5.75 Å². The van der Waals surface area contributed by atoms with Gasteiger partial charge in [-0.2, -0.15) is 0 Å². The molecule has 0 bridgehead atoms. The fourth-order valence-electron chi connectivity index (χ4n) is 1.24. The van der Waals surface area contributed by atoms with E-state index >= 15 is 0 Å². The molecule has 0 aliphatic carbocycles. The topological polar surface area (TPSA) is 59.6 Å². The van der Waals surface area contributed by atoms with Gasteiger partial charge >= 0.3 is 0 Å². The molecule has 0 unspecified atom stereocenters. The van der Waals surface area contributed by atoms with E-state index in [1.807, 2.05) is 19.2 Å². The van der Waals surface area contributed by atoms with Crippen LogP contribution in [0.25, 0.3) is 0 Å². The Morgan fingerprint density at radius 2 is 2.24 bits per heavy atom. The van der Waals surface area contributed by atoms with E-state index in [1.165, 1.54) is 0 Å². The number of methoxy groups -OCH3 is 1. The molecular weight excluding hydrogens is 220 g/mol. The first kappa shape index (κ1) is 13.5. The van der Waals surface area contributed by atoms with Gasteiger partial charge in [0.15, 0.2) is 0 Å². The van der Waals surface area contributed by atoms with E-state index in [0.717, 1.165) is 6.54 Å². The van der Waals surface area contributed by atoms with Crippen LogP contribution in [0.3, 0.4) is 0 Å². The van der Waals surface area contributed by atoms with Crippen molar-refractivity contribution in [1.82, 2.24) is 5.32 Å². The summed E-state index contributed by atoms with van der Waals surface area (Å²) in [6.45, 7) is 1.30. The predicted octanol–water partition coefficient (Wildman–Crippen LogP) is 0.870. The van der Waals surface area contributed by atoms with Crippen molar-refractivity contribution in [2.45, 2.75) is 0 Å². The van der Waals surface area contributed by atoms with Gasteiger partial charge in [0.05, 0.1) is 13.7 Å². The van der Waals surface area contributed by atoms with Gasteiger partial charge in [-0.15, -0.1) is 0 Å². The third-order valence-electron chi connectivity index (χ3n) is 2.08. The van der Waals surface area contributed by atoms with Crippen LogP contribution in [0.1, 0.15) is 0 Å². The second-order valence-corrected chi connectivity index (χ2v) is 3.44. The van der Waals surface area contributed by atoms with E-state index in [9.17, 15) is 4.79 Å². The lowest BCUT2D eigenvalue weighted by Crippen LogP contribution is -2.21. The van der Waals surface area contributed by atoms with Gasteiger partial charge in [-0.1, -0.05) is 6.07 Å². The third kappa shape index (κ3) is 5.33. The fraction of sp³-hybridized carbons (Fsp3) is 0.417. The molecule has 0 atom stereocenters. The van der Waals surface area contributed by atoms with E-state index < -0.39 is 0 Å². The predicted molar refractivity (Wildman–Crippen MR) is 66.4 cm³/mol. The van der Waals surface area contributed by atoms with Crippen LogP contribution in [0.2, 0.25) is 0 Å². The van der Waals surface area contributed by atoms with Gasteiger partial charge in [-0.05, 0) is 19.2 Å². The molecule has 0 heterocycles. The van der Waals surface area contributed by atoms with Crippen molar-refractivity contribution in [3.63, 3.8) is 0 Å². The SMILES string of the molecule is CNCCOCC(=O)Nc1cccc(OC)c1. The molecule has 1 amide bonds. The average Bonchev–Trinajstić information content (AvgIpc) is 2.35. The van der Waals surface area contributed by atoms with Crippen LogP contribution in [0.4, 0.5) is 5.69 Å². The molecule has 17 heavy (non-hydrogen) atoms. The van der Waals surface area contributed by atoms with Crippen molar-refractivity contribution in [3.8, 4) is 5.75 Å². The molecule has 0 spiro atoms. The standard InChI is InChI=1S/C12H18N2O3/c1-13-6-7-17-9-12(15)14-10-4-3-5-11(8-10)16-2/h3-5,8,13H,6-7,9H2,1-2H3,(H,14,15). The largest absolute Gasteiger partial charge is 0.497 e. The maximum absolute atomic E-state index is 11.5. The summed E-state index contributed by atoms with van der Waals surface area (Å²) in [4.78, 5) is 11.5. The van der Waals surface area contributed by atoms with Crippen LogP contribution in [-0.4, -0.2) is 39.8 Å². The van der Waals surface area contributed by atoms with Crippen LogP contribution < -0.4 is 15.4 Å². The van der Waals surface area contributed by atoms with Crippen molar-refractivity contribution < 1.29 is 14.3 Å². The molecule has 1 aromatic rings. The number of likely N-dealkylation sites (N-methyl/N-ethyl adjacent to an activating group) is 1. The Morgan fingerprint density at radius 1 is 1.41 bits per heavy atom. The number of anilines is 1. The number of benzene rings is 1. The highest BCUT2D eigenvalue weighted by atomic mass is 16.5. The van der Waals surface area contributed by atoms with E-state index in [-0.39, 0.29) is 12.5 Å². The molecule has 0 radical (unpaired) electrons. The average molecular weight is 238 g/mol. The summed E-state index contributed by atoms with van der Waals surface area (Å²) in [5.74, 6) is 0.535. The Kier molecular flexibility index (Phi) is 6.06. The lowest BCUT2D eigenvalue weighted by molar-refractivity contribution is -0.120. The first-order chi connectivity index (χ1) is 8.26. The van der Waals surface area contributed by atoms with Gasteiger partial charge in [0.2, 0.25) is 5.91 Å². The summed E-state index contributed by atoms with van der Waals surface area (Å²) in [5.41, 5.74) is 0.701. The number of nitrogens with one attached hydrogen (secondary N) is 2. The first-order valence-electron chi connectivity index (χ1n) is 5.42. The minimum absolute atomic E-state index is 0.0545. The fourth-order valence-corrected chi connectivity index (χ4v) is 1.24. The second-order valence-electron chi connectivity index (χ2n) is 3.44. The number of rotatable bonds is 7. The smallest absolute Gasteiger partial charge is 0.250 e. The molecule has 0 fully saturated rings. The van der Waals surface area contributed by atoms with Gasteiger partial charge < -0.3 is 20.1 Å². The number of ether oxygens (including phenoxy) is 2. The Morgan fingerprint density at radius 3 is 2.94 bits per heavy atom. The minimum Gasteiger partial charge on any atom is -0.497 e. The molecule has 1 aromatic carbocycles. The molecule has 1 rings (SSSR count). The van der Waals surface area contributed by atoms with Crippen molar-refractivity contribution in [1.29, 1.82) is 0 Å². The number of carbonyl (C=O) groups excluding carboxylic acids is 1. The number of carbonyl (C=O) groups is 1. The summed E-state index contributed by atoms with van der Waals surface area (Å²) < 4.78 is 10.2. The monoisotopic (exact) mass is 238 g/mol. The highest BCUT2D eigenvalue weighted by Gasteiger charge is 2.02. The van der Waals surface area contributed by atoms with E-state index in [4.69, 9.17) is 9.47 Å². The minimum atomic E-state index is -0.172. The lowest BCUT2D eigenvalue weighted by Gasteiger charge is -2.07. The summed E-state index contributed by atoms with van der Waals surface area (Å²) >= 11 is 0. The van der Waals surface area contributed by atoms with Gasteiger partial charge in [0.1, 0.15) is 12.4 Å². The van der Waals surface area contributed by atoms with Crippen LogP contribution in [-0.2, 0) is 9.53 Å². The second kappa shape index (κ2) is 7.65. The normalized spacial score (nSPS) is 10.0. The van der Waals surface area contributed by atoms with E-state index in [0.29, 0.717) is 18.0 Å². The van der Waals surface area contributed by atoms with Crippen molar-refractivity contribution in [3.05, 3.63) is 24.3 Å². The summed E-state index contributed by atoms with van der Waals surface area (Å²) in [6.07, 6.45) is 0. The summed E-state index contributed by atoms with van der Waals surface area (Å²) in [6, 6.07) is 7.19. The van der Waals surface area contributed by atoms with Crippen LogP contribution in [0, 0.1) is 0 Å². The van der Waals surface area contributed by atoms with Gasteiger partial charge in [0, 0.05) is 18.3 Å². The zero-order valence-electron chi connectivity index (χ0n) is 10.2. The molecule has 0 saturated heterocycles. The highest BCUT2D eigenvalue weighted by molar-refractivity contribution is 5.91. The van der Waals surface area contributed by atoms with E-state index in [1.54, 1.807) is 19.2 Å². The molecule has 0 saturated carbocycles. The maximum atomic E-state index is 11.5.